The number of guanidine groups is 1. The summed E-state index contributed by atoms with van der Waals surface area (Å²) < 4.78 is 37.8. The molecular weight excluding hydrogens is 531 g/mol. The lowest BCUT2D eigenvalue weighted by Crippen LogP contribution is -2.35. The fraction of sp³-hybridized carbons (Fsp3) is 0.381. The summed E-state index contributed by atoms with van der Waals surface area (Å²) in [5.41, 5.74) is 7.47. The molecule has 31 heavy (non-hydrogen) atoms. The second-order valence-corrected chi connectivity index (χ2v) is 8.95. The molecule has 8 nitrogen and oxygen atoms in total. The molecule has 2 aromatic rings. The lowest BCUT2D eigenvalue weighted by Gasteiger charge is -2.26. The Hall–Kier alpha value is -2.05. The van der Waals surface area contributed by atoms with Crippen LogP contribution in [0.2, 0.25) is 0 Å². The van der Waals surface area contributed by atoms with Crippen LogP contribution in [0.4, 0.5) is 5.69 Å². The van der Waals surface area contributed by atoms with Crippen molar-refractivity contribution in [2.24, 2.45) is 10.7 Å². The van der Waals surface area contributed by atoms with E-state index < -0.39 is 10.0 Å². The van der Waals surface area contributed by atoms with Gasteiger partial charge in [-0.25, -0.2) is 13.4 Å². The Bertz CT molecular complexity index is 1010. The fourth-order valence-corrected chi connectivity index (χ4v) is 4.92. The van der Waals surface area contributed by atoms with E-state index in [9.17, 15) is 8.42 Å². The summed E-state index contributed by atoms with van der Waals surface area (Å²) in [6.07, 6.45) is 2.89. The molecule has 1 saturated heterocycles. The molecule has 0 atom stereocenters. The van der Waals surface area contributed by atoms with Crippen LogP contribution in [0.5, 0.6) is 11.5 Å². The maximum absolute atomic E-state index is 12.9. The van der Waals surface area contributed by atoms with E-state index in [0.717, 1.165) is 24.8 Å². The summed E-state index contributed by atoms with van der Waals surface area (Å²) in [5.74, 6) is 1.41. The van der Waals surface area contributed by atoms with Gasteiger partial charge in [0.05, 0.1) is 25.7 Å². The maximum atomic E-state index is 12.9. The first-order chi connectivity index (χ1) is 14.4. The van der Waals surface area contributed by atoms with E-state index in [1.807, 2.05) is 6.07 Å². The van der Waals surface area contributed by atoms with Gasteiger partial charge in [0.15, 0.2) is 17.5 Å². The summed E-state index contributed by atoms with van der Waals surface area (Å²) in [4.78, 5) is 4.62. The summed E-state index contributed by atoms with van der Waals surface area (Å²) in [7, 11) is -0.344. The van der Waals surface area contributed by atoms with E-state index in [1.165, 1.54) is 0 Å². The van der Waals surface area contributed by atoms with Crippen LogP contribution in [0.15, 0.2) is 52.4 Å². The number of ether oxygens (including phenoxy) is 2. The van der Waals surface area contributed by atoms with Gasteiger partial charge in [0.25, 0.3) is 0 Å². The number of aliphatic imine (C=N–C) groups is 1. The van der Waals surface area contributed by atoms with Crippen LogP contribution < -0.4 is 20.5 Å². The maximum Gasteiger partial charge on any atom is 0.243 e. The number of methoxy groups -OCH3 is 2. The van der Waals surface area contributed by atoms with Crippen LogP contribution in [0, 0.1) is 0 Å². The minimum absolute atomic E-state index is 0. The largest absolute Gasteiger partial charge is 0.493 e. The van der Waals surface area contributed by atoms with Crippen molar-refractivity contribution in [1.29, 1.82) is 0 Å². The molecule has 1 fully saturated rings. The Balaban J connectivity index is 0.00000341. The quantitative estimate of drug-likeness (QED) is 0.306. The van der Waals surface area contributed by atoms with Crippen molar-refractivity contribution in [3.05, 3.63) is 48.0 Å². The molecule has 0 unspecified atom stereocenters. The molecule has 0 aromatic heterocycles. The van der Waals surface area contributed by atoms with Gasteiger partial charge >= 0.3 is 0 Å². The zero-order chi connectivity index (χ0) is 21.6. The van der Waals surface area contributed by atoms with Crippen LogP contribution in [0.3, 0.4) is 0 Å². The number of rotatable bonds is 7. The molecule has 0 aliphatic carbocycles. The predicted octanol–water partition coefficient (Wildman–Crippen LogP) is 3.42. The number of hydrogen-bond acceptors (Lipinski definition) is 5. The van der Waals surface area contributed by atoms with Crippen LogP contribution >= 0.6 is 24.0 Å². The van der Waals surface area contributed by atoms with Crippen molar-refractivity contribution in [1.82, 2.24) is 4.31 Å². The molecule has 10 heteroatoms. The predicted molar refractivity (Wildman–Crippen MR) is 133 cm³/mol. The number of nitrogens with zero attached hydrogens (tertiary/aromatic N) is 2. The van der Waals surface area contributed by atoms with Gasteiger partial charge in [0, 0.05) is 24.8 Å². The third kappa shape index (κ3) is 6.47. The van der Waals surface area contributed by atoms with Gasteiger partial charge in [0.2, 0.25) is 10.0 Å². The van der Waals surface area contributed by atoms with Gasteiger partial charge in [-0.15, -0.1) is 24.0 Å². The van der Waals surface area contributed by atoms with Crippen LogP contribution in [0.1, 0.15) is 24.8 Å². The second-order valence-electron chi connectivity index (χ2n) is 7.01. The highest BCUT2D eigenvalue weighted by Gasteiger charge is 2.25. The molecule has 1 heterocycles. The molecule has 0 radical (unpaired) electrons. The minimum Gasteiger partial charge on any atom is -0.493 e. The Morgan fingerprint density at radius 3 is 2.45 bits per heavy atom. The molecule has 1 aliphatic heterocycles. The Kier molecular flexibility index (Phi) is 9.38. The zero-order valence-corrected chi connectivity index (χ0v) is 20.9. The van der Waals surface area contributed by atoms with Gasteiger partial charge in [-0.05, 0) is 42.7 Å². The summed E-state index contributed by atoms with van der Waals surface area (Å²) in [5, 5.41) is 3.00. The van der Waals surface area contributed by atoms with Crippen LogP contribution in [-0.4, -0.2) is 46.0 Å². The van der Waals surface area contributed by atoms with E-state index in [0.29, 0.717) is 35.2 Å². The molecule has 0 spiro atoms. The lowest BCUT2D eigenvalue weighted by molar-refractivity contribution is 0.346. The van der Waals surface area contributed by atoms with E-state index >= 15 is 0 Å². The van der Waals surface area contributed by atoms with Crippen molar-refractivity contribution < 1.29 is 17.9 Å². The van der Waals surface area contributed by atoms with Crippen molar-refractivity contribution in [2.45, 2.75) is 30.7 Å². The molecule has 170 valence electrons. The third-order valence-corrected chi connectivity index (χ3v) is 6.83. The smallest absolute Gasteiger partial charge is 0.243 e. The Morgan fingerprint density at radius 1 is 1.06 bits per heavy atom. The molecule has 0 bridgehead atoms. The summed E-state index contributed by atoms with van der Waals surface area (Å²) in [6.45, 7) is 1.41. The topological polar surface area (TPSA) is 106 Å². The fourth-order valence-electron chi connectivity index (χ4n) is 3.34. The zero-order valence-electron chi connectivity index (χ0n) is 17.7. The number of halogens is 1. The van der Waals surface area contributed by atoms with Gasteiger partial charge in [-0.3, -0.25) is 0 Å². The number of anilines is 1. The minimum atomic E-state index is -3.47. The number of benzene rings is 2. The molecule has 1 aliphatic rings. The molecule has 3 N–H and O–H groups in total. The first kappa shape index (κ1) is 25.2. The van der Waals surface area contributed by atoms with E-state index in [1.54, 1.807) is 54.9 Å². The summed E-state index contributed by atoms with van der Waals surface area (Å²) in [6, 6.07) is 12.2. The van der Waals surface area contributed by atoms with Gasteiger partial charge in [0.1, 0.15) is 0 Å². The first-order valence-corrected chi connectivity index (χ1v) is 11.3. The normalized spacial score (nSPS) is 15.1. The van der Waals surface area contributed by atoms with Gasteiger partial charge < -0.3 is 20.5 Å². The van der Waals surface area contributed by atoms with Crippen LogP contribution in [0.25, 0.3) is 0 Å². The number of nitrogens with one attached hydrogen (secondary N) is 1. The first-order valence-electron chi connectivity index (χ1n) is 9.82. The van der Waals surface area contributed by atoms with Gasteiger partial charge in [-0.2, -0.15) is 4.31 Å². The highest BCUT2D eigenvalue weighted by atomic mass is 127. The van der Waals surface area contributed by atoms with Gasteiger partial charge in [-0.1, -0.05) is 18.6 Å². The van der Waals surface area contributed by atoms with Crippen molar-refractivity contribution in [3.63, 3.8) is 0 Å². The number of nitrogens with two attached hydrogens (primary N) is 1. The highest BCUT2D eigenvalue weighted by Crippen LogP contribution is 2.29. The SMILES string of the molecule is COc1ccc(NC(N)=NCc2cccc(S(=O)(=O)N3CCCCC3)c2)cc1OC.I. The van der Waals surface area contributed by atoms with Crippen molar-refractivity contribution in [3.8, 4) is 11.5 Å². The Morgan fingerprint density at radius 2 is 1.77 bits per heavy atom. The molecule has 0 amide bonds. The van der Waals surface area contributed by atoms with Crippen molar-refractivity contribution >= 4 is 45.6 Å². The number of sulfonamides is 1. The number of hydrogen-bond donors (Lipinski definition) is 2. The highest BCUT2D eigenvalue weighted by molar-refractivity contribution is 14.0. The molecule has 3 rings (SSSR count). The standard InChI is InChI=1S/C21H28N4O4S.HI/c1-28-19-10-9-17(14-20(19)29-2)24-21(22)23-15-16-7-6-8-18(13-16)30(26,27)25-11-4-3-5-12-25;/h6-10,13-14H,3-5,11-12,15H2,1-2H3,(H3,22,23,24);1H. The average Bonchev–Trinajstić information content (AvgIpc) is 2.78. The second kappa shape index (κ2) is 11.5. The Labute approximate surface area is 200 Å². The molecule has 0 saturated carbocycles. The monoisotopic (exact) mass is 560 g/mol. The van der Waals surface area contributed by atoms with E-state index in [4.69, 9.17) is 15.2 Å². The van der Waals surface area contributed by atoms with Crippen LogP contribution in [-0.2, 0) is 16.6 Å². The lowest BCUT2D eigenvalue weighted by atomic mass is 10.2. The van der Waals surface area contributed by atoms with Crippen molar-refractivity contribution in [2.75, 3.05) is 32.6 Å². The number of piperidine rings is 1. The average molecular weight is 560 g/mol. The molecular formula is C21H29IN4O4S. The summed E-state index contributed by atoms with van der Waals surface area (Å²) >= 11 is 0. The van der Waals surface area contributed by atoms with E-state index in [-0.39, 0.29) is 36.5 Å². The van der Waals surface area contributed by atoms with E-state index in [2.05, 4.69) is 10.3 Å². The third-order valence-electron chi connectivity index (χ3n) is 4.94. The molecule has 2 aromatic carbocycles.